The van der Waals surface area contributed by atoms with Crippen molar-refractivity contribution < 1.29 is 27.8 Å². The molecule has 1 aromatic carbocycles. The molecule has 0 radical (unpaired) electrons. The Bertz CT molecular complexity index is 1290. The summed E-state index contributed by atoms with van der Waals surface area (Å²) in [6.07, 6.45) is -1.96. The summed E-state index contributed by atoms with van der Waals surface area (Å²) < 4.78 is 43.0. The summed E-state index contributed by atoms with van der Waals surface area (Å²) in [5.41, 5.74) is 4.38. The lowest BCUT2D eigenvalue weighted by Gasteiger charge is -2.14. The van der Waals surface area contributed by atoms with E-state index in [1.54, 1.807) is 13.1 Å². The number of fused-ring (bicyclic) bond motifs is 1. The van der Waals surface area contributed by atoms with Crippen LogP contribution in [0.15, 0.2) is 36.7 Å². The van der Waals surface area contributed by atoms with Crippen LogP contribution in [0, 0.1) is 11.8 Å². The average molecular weight is 443 g/mol. The van der Waals surface area contributed by atoms with Gasteiger partial charge in [-0.1, -0.05) is 11.8 Å². The molecule has 1 fully saturated rings. The van der Waals surface area contributed by atoms with Crippen LogP contribution >= 0.6 is 0 Å². The van der Waals surface area contributed by atoms with Crippen molar-refractivity contribution in [2.75, 3.05) is 19.3 Å². The topological polar surface area (TPSA) is 114 Å². The average Bonchev–Trinajstić information content (AvgIpc) is 3.00. The lowest BCUT2D eigenvalue weighted by atomic mass is 10.0. The normalized spacial score (nSPS) is 18.5. The van der Waals surface area contributed by atoms with Gasteiger partial charge in [0.05, 0.1) is 5.56 Å². The maximum Gasteiger partial charge on any atom is 0.573 e. The Morgan fingerprint density at radius 3 is 2.75 bits per heavy atom. The number of likely N-dealkylation sites (N-methyl/N-ethyl adjacent to an activating group) is 1. The number of halogens is 3. The number of pyridine rings is 1. The summed E-state index contributed by atoms with van der Waals surface area (Å²) in [5, 5.41) is 11.0. The molecule has 164 valence electrons. The molecule has 0 aliphatic carbocycles. The van der Waals surface area contributed by atoms with Crippen LogP contribution < -0.4 is 10.5 Å². The van der Waals surface area contributed by atoms with Crippen molar-refractivity contribution in [3.05, 3.63) is 42.2 Å². The van der Waals surface area contributed by atoms with Gasteiger partial charge < -0.3 is 20.5 Å². The van der Waals surface area contributed by atoms with Gasteiger partial charge in [-0.25, -0.2) is 15.0 Å². The van der Waals surface area contributed by atoms with Gasteiger partial charge in [0, 0.05) is 43.4 Å². The third kappa shape index (κ3) is 4.13. The first-order chi connectivity index (χ1) is 15.1. The number of aromatic nitrogens is 3. The summed E-state index contributed by atoms with van der Waals surface area (Å²) in [7, 11) is 1.54. The highest BCUT2D eigenvalue weighted by atomic mass is 19.4. The van der Waals surface area contributed by atoms with E-state index in [0.29, 0.717) is 11.9 Å². The molecule has 8 nitrogen and oxygen atoms in total. The minimum atomic E-state index is -4.95. The highest BCUT2D eigenvalue weighted by molar-refractivity contribution is 5.90. The second kappa shape index (κ2) is 7.65. The van der Waals surface area contributed by atoms with Gasteiger partial charge in [-0.3, -0.25) is 4.79 Å². The SMILES string of the molecule is CN1CC[C@](O)(C#Cc2ccc(OC(F)(F)F)c(-c3ncc4ccnc(N)c4n3)c2)C1=O. The Labute approximate surface area is 179 Å². The molecule has 0 saturated carbocycles. The van der Waals surface area contributed by atoms with E-state index in [2.05, 4.69) is 31.5 Å². The third-order valence-electron chi connectivity index (χ3n) is 4.90. The Kier molecular flexibility index (Phi) is 5.10. The van der Waals surface area contributed by atoms with Gasteiger partial charge in [-0.05, 0) is 24.3 Å². The minimum absolute atomic E-state index is 0.0875. The third-order valence-corrected chi connectivity index (χ3v) is 4.90. The van der Waals surface area contributed by atoms with Gasteiger partial charge in [0.25, 0.3) is 5.91 Å². The molecule has 0 unspecified atom stereocenters. The summed E-state index contributed by atoms with van der Waals surface area (Å²) in [6, 6.07) is 5.25. The molecule has 1 atom stereocenters. The molecule has 1 aliphatic rings. The first kappa shape index (κ1) is 21.3. The number of hydrogen-bond acceptors (Lipinski definition) is 7. The van der Waals surface area contributed by atoms with Crippen LogP contribution in [0.25, 0.3) is 22.3 Å². The number of carbonyl (C=O) groups excluding carboxylic acids is 1. The molecule has 3 aromatic rings. The van der Waals surface area contributed by atoms with E-state index in [1.165, 1.54) is 29.4 Å². The molecule has 0 bridgehead atoms. The second-order valence-electron chi connectivity index (χ2n) is 7.17. The van der Waals surface area contributed by atoms with E-state index >= 15 is 0 Å². The number of nitrogen functional groups attached to an aromatic ring is 1. The van der Waals surface area contributed by atoms with E-state index in [4.69, 9.17) is 5.73 Å². The number of carbonyl (C=O) groups is 1. The Hall–Kier alpha value is -3.91. The van der Waals surface area contributed by atoms with Crippen molar-refractivity contribution >= 4 is 22.6 Å². The molecule has 1 aliphatic heterocycles. The predicted octanol–water partition coefficient (Wildman–Crippen LogP) is 2.12. The highest BCUT2D eigenvalue weighted by Gasteiger charge is 2.42. The van der Waals surface area contributed by atoms with E-state index in [1.807, 2.05) is 0 Å². The first-order valence-electron chi connectivity index (χ1n) is 9.34. The number of hydrogen-bond donors (Lipinski definition) is 2. The van der Waals surface area contributed by atoms with Crippen LogP contribution in [-0.4, -0.2) is 56.4 Å². The molecule has 0 spiro atoms. The molecule has 3 N–H and O–H groups in total. The van der Waals surface area contributed by atoms with Crippen molar-refractivity contribution in [2.45, 2.75) is 18.4 Å². The predicted molar refractivity (Wildman–Crippen MR) is 108 cm³/mol. The number of benzene rings is 1. The van der Waals surface area contributed by atoms with Crippen molar-refractivity contribution in [1.82, 2.24) is 19.9 Å². The number of likely N-dealkylation sites (tertiary alicyclic amines) is 1. The van der Waals surface area contributed by atoms with Gasteiger partial charge in [0.1, 0.15) is 17.1 Å². The first-order valence-corrected chi connectivity index (χ1v) is 9.34. The van der Waals surface area contributed by atoms with Crippen LogP contribution in [0.3, 0.4) is 0 Å². The molecule has 11 heteroatoms. The zero-order valence-corrected chi connectivity index (χ0v) is 16.6. The van der Waals surface area contributed by atoms with Crippen molar-refractivity contribution in [1.29, 1.82) is 0 Å². The van der Waals surface area contributed by atoms with Crippen molar-refractivity contribution in [2.24, 2.45) is 0 Å². The number of rotatable bonds is 2. The fraction of sp³-hybridized carbons (Fsp3) is 0.238. The number of anilines is 1. The lowest BCUT2D eigenvalue weighted by Crippen LogP contribution is -2.37. The number of nitrogens with zero attached hydrogens (tertiary/aromatic N) is 4. The number of nitrogens with two attached hydrogens (primary N) is 1. The van der Waals surface area contributed by atoms with Gasteiger partial charge >= 0.3 is 6.36 Å². The number of alkyl halides is 3. The lowest BCUT2D eigenvalue weighted by molar-refractivity contribution is -0.274. The van der Waals surface area contributed by atoms with Gasteiger partial charge in [-0.2, -0.15) is 0 Å². The summed E-state index contributed by atoms with van der Waals surface area (Å²) in [5.74, 6) is 4.09. The van der Waals surface area contributed by atoms with E-state index in [9.17, 15) is 23.1 Å². The Morgan fingerprint density at radius 2 is 2.06 bits per heavy atom. The quantitative estimate of drug-likeness (QED) is 0.583. The molecule has 2 aromatic heterocycles. The monoisotopic (exact) mass is 443 g/mol. The van der Waals surface area contributed by atoms with Crippen molar-refractivity contribution in [3.8, 4) is 29.0 Å². The molecule has 1 saturated heterocycles. The van der Waals surface area contributed by atoms with Crippen LogP contribution in [0.5, 0.6) is 5.75 Å². The summed E-state index contributed by atoms with van der Waals surface area (Å²) >= 11 is 0. The zero-order chi connectivity index (χ0) is 23.1. The van der Waals surface area contributed by atoms with Crippen molar-refractivity contribution in [3.63, 3.8) is 0 Å². The molecule has 32 heavy (non-hydrogen) atoms. The summed E-state index contributed by atoms with van der Waals surface area (Å²) in [6.45, 7) is 0.341. The Balaban J connectivity index is 1.81. The smallest absolute Gasteiger partial charge is 0.405 e. The van der Waals surface area contributed by atoms with E-state index < -0.39 is 23.6 Å². The van der Waals surface area contributed by atoms with E-state index in [0.717, 1.165) is 6.07 Å². The van der Waals surface area contributed by atoms with Crippen LogP contribution in [0.1, 0.15) is 12.0 Å². The van der Waals surface area contributed by atoms with Crippen LogP contribution in [0.4, 0.5) is 19.0 Å². The van der Waals surface area contributed by atoms with Gasteiger partial charge in [0.2, 0.25) is 5.60 Å². The number of ether oxygens (including phenoxy) is 1. The second-order valence-corrected chi connectivity index (χ2v) is 7.17. The Morgan fingerprint density at radius 1 is 1.28 bits per heavy atom. The van der Waals surface area contributed by atoms with Crippen LogP contribution in [-0.2, 0) is 4.79 Å². The fourth-order valence-corrected chi connectivity index (χ4v) is 3.25. The molecular weight excluding hydrogens is 427 g/mol. The summed E-state index contributed by atoms with van der Waals surface area (Å²) in [4.78, 5) is 25.7. The largest absolute Gasteiger partial charge is 0.573 e. The molecule has 1 amide bonds. The minimum Gasteiger partial charge on any atom is -0.405 e. The number of amides is 1. The van der Waals surface area contributed by atoms with Gasteiger partial charge in [0.15, 0.2) is 5.82 Å². The zero-order valence-electron chi connectivity index (χ0n) is 16.6. The standard InChI is InChI=1S/C21H16F3N5O3/c1-29-9-7-20(31,19(29)30)6-4-12-2-3-15(32-21(22,23)24)14(10-12)18-27-11-13-5-8-26-17(25)16(13)28-18/h2-3,5,8,10-11,31H,7,9H2,1H3,(H2,25,26)/t20-/m1/s1. The fourth-order valence-electron chi connectivity index (χ4n) is 3.25. The van der Waals surface area contributed by atoms with E-state index in [-0.39, 0.29) is 34.7 Å². The maximum atomic E-state index is 12.9. The van der Waals surface area contributed by atoms with Crippen LogP contribution in [0.2, 0.25) is 0 Å². The maximum absolute atomic E-state index is 12.9. The molecule has 4 rings (SSSR count). The highest BCUT2D eigenvalue weighted by Crippen LogP contribution is 2.34. The molecular formula is C21H16F3N5O3. The van der Waals surface area contributed by atoms with Gasteiger partial charge in [-0.15, -0.1) is 13.2 Å². The molecule has 3 heterocycles. The number of aliphatic hydroxyl groups is 1.